The van der Waals surface area contributed by atoms with Crippen LogP contribution in [-0.2, 0) is 0 Å². The summed E-state index contributed by atoms with van der Waals surface area (Å²) in [6.45, 7) is 0. The highest BCUT2D eigenvalue weighted by molar-refractivity contribution is 6.33. The lowest BCUT2D eigenvalue weighted by Gasteiger charge is -2.16. The van der Waals surface area contributed by atoms with E-state index in [0.717, 1.165) is 5.56 Å². The second kappa shape index (κ2) is 6.37. The summed E-state index contributed by atoms with van der Waals surface area (Å²) in [6.07, 6.45) is 3.33. The molecule has 0 aliphatic rings. The van der Waals surface area contributed by atoms with E-state index >= 15 is 0 Å². The number of fused-ring (bicyclic) bond motifs is 1. The number of benzene rings is 2. The number of halogens is 1. The molecule has 0 aliphatic carbocycles. The van der Waals surface area contributed by atoms with Gasteiger partial charge in [-0.25, -0.2) is 9.66 Å². The predicted octanol–water partition coefficient (Wildman–Crippen LogP) is 3.99. The Hall–Kier alpha value is -3.18. The van der Waals surface area contributed by atoms with E-state index in [4.69, 9.17) is 11.6 Å². The van der Waals surface area contributed by atoms with Gasteiger partial charge in [0.2, 0.25) is 0 Å². The summed E-state index contributed by atoms with van der Waals surface area (Å²) in [5, 5.41) is 1.04. The minimum atomic E-state index is -0.197. The van der Waals surface area contributed by atoms with Gasteiger partial charge in [-0.05, 0) is 36.4 Å². The number of pyridine rings is 1. The first-order valence-corrected chi connectivity index (χ1v) is 8.05. The standard InChI is InChI=1S/C19H13ClN4O/c20-15-6-2-4-8-17(15)23-24-18(13-9-11-21-12-10-13)22-16-7-3-1-5-14(16)19(24)25/h1-12,23H. The van der Waals surface area contributed by atoms with Gasteiger partial charge < -0.3 is 0 Å². The lowest BCUT2D eigenvalue weighted by Crippen LogP contribution is -2.29. The third-order valence-electron chi connectivity index (χ3n) is 3.82. The minimum Gasteiger partial charge on any atom is -0.288 e. The van der Waals surface area contributed by atoms with Crippen LogP contribution in [0.5, 0.6) is 0 Å². The Morgan fingerprint density at radius 3 is 2.44 bits per heavy atom. The molecule has 0 saturated carbocycles. The van der Waals surface area contributed by atoms with Crippen molar-refractivity contribution < 1.29 is 0 Å². The maximum atomic E-state index is 13.0. The topological polar surface area (TPSA) is 59.8 Å². The van der Waals surface area contributed by atoms with Gasteiger partial charge in [0.05, 0.1) is 21.6 Å². The SMILES string of the molecule is O=c1c2ccccc2nc(-c2ccncc2)n1Nc1ccccc1Cl. The summed E-state index contributed by atoms with van der Waals surface area (Å²) in [7, 11) is 0. The molecule has 0 saturated heterocycles. The Kier molecular flexibility index (Phi) is 3.91. The van der Waals surface area contributed by atoms with Crippen LogP contribution >= 0.6 is 11.6 Å². The molecule has 0 fully saturated rings. The zero-order valence-electron chi connectivity index (χ0n) is 13.1. The molecule has 0 atom stereocenters. The molecule has 6 heteroatoms. The maximum absolute atomic E-state index is 13.0. The van der Waals surface area contributed by atoms with Crippen LogP contribution in [0.4, 0.5) is 5.69 Å². The van der Waals surface area contributed by atoms with Gasteiger partial charge in [-0.2, -0.15) is 0 Å². The summed E-state index contributed by atoms with van der Waals surface area (Å²) in [5.41, 5.74) is 4.93. The molecule has 2 heterocycles. The molecular formula is C19H13ClN4O. The van der Waals surface area contributed by atoms with Crippen molar-refractivity contribution in [3.05, 3.63) is 88.4 Å². The Labute approximate surface area is 148 Å². The van der Waals surface area contributed by atoms with E-state index in [0.29, 0.717) is 27.4 Å². The van der Waals surface area contributed by atoms with E-state index in [1.807, 2.05) is 30.3 Å². The molecule has 0 bridgehead atoms. The highest BCUT2D eigenvalue weighted by atomic mass is 35.5. The Morgan fingerprint density at radius 2 is 1.64 bits per heavy atom. The fraction of sp³-hybridized carbons (Fsp3) is 0. The number of hydrogen-bond donors (Lipinski definition) is 1. The predicted molar refractivity (Wildman–Crippen MR) is 99.7 cm³/mol. The monoisotopic (exact) mass is 348 g/mol. The van der Waals surface area contributed by atoms with Crippen molar-refractivity contribution in [1.29, 1.82) is 0 Å². The Bertz CT molecular complexity index is 1110. The number of nitrogens with one attached hydrogen (secondary N) is 1. The first-order chi connectivity index (χ1) is 12.2. The van der Waals surface area contributed by atoms with E-state index in [-0.39, 0.29) is 5.56 Å². The molecule has 4 rings (SSSR count). The van der Waals surface area contributed by atoms with Gasteiger partial charge in [-0.3, -0.25) is 15.2 Å². The first kappa shape index (κ1) is 15.4. The average Bonchev–Trinajstić information content (AvgIpc) is 2.66. The van der Waals surface area contributed by atoms with Crippen molar-refractivity contribution in [3.63, 3.8) is 0 Å². The second-order valence-corrected chi connectivity index (χ2v) is 5.83. The molecule has 4 aromatic rings. The molecule has 1 N–H and O–H groups in total. The third-order valence-corrected chi connectivity index (χ3v) is 4.15. The summed E-state index contributed by atoms with van der Waals surface area (Å²) in [5.74, 6) is 0.492. The summed E-state index contributed by atoms with van der Waals surface area (Å²) >= 11 is 6.23. The fourth-order valence-corrected chi connectivity index (χ4v) is 2.78. The van der Waals surface area contributed by atoms with Crippen molar-refractivity contribution in [2.75, 3.05) is 5.43 Å². The fourth-order valence-electron chi connectivity index (χ4n) is 2.60. The van der Waals surface area contributed by atoms with E-state index in [1.165, 1.54) is 4.68 Å². The van der Waals surface area contributed by atoms with Crippen molar-refractivity contribution in [3.8, 4) is 11.4 Å². The molecule has 5 nitrogen and oxygen atoms in total. The van der Waals surface area contributed by atoms with Crippen LogP contribution in [0.25, 0.3) is 22.3 Å². The molecule has 2 aromatic heterocycles. The van der Waals surface area contributed by atoms with Crippen LogP contribution < -0.4 is 11.0 Å². The summed E-state index contributed by atoms with van der Waals surface area (Å²) < 4.78 is 1.42. The highest BCUT2D eigenvalue weighted by Gasteiger charge is 2.13. The van der Waals surface area contributed by atoms with E-state index in [2.05, 4.69) is 15.4 Å². The van der Waals surface area contributed by atoms with Crippen LogP contribution in [0.15, 0.2) is 77.9 Å². The van der Waals surface area contributed by atoms with Crippen LogP contribution in [0.3, 0.4) is 0 Å². The molecular weight excluding hydrogens is 336 g/mol. The van der Waals surface area contributed by atoms with Gasteiger partial charge in [-0.15, -0.1) is 0 Å². The van der Waals surface area contributed by atoms with Crippen molar-refractivity contribution in [1.82, 2.24) is 14.6 Å². The number of hydrogen-bond acceptors (Lipinski definition) is 4. The quantitative estimate of drug-likeness (QED) is 0.608. The van der Waals surface area contributed by atoms with Gasteiger partial charge in [0.1, 0.15) is 0 Å². The van der Waals surface area contributed by atoms with E-state index in [1.54, 1.807) is 42.7 Å². The molecule has 122 valence electrons. The van der Waals surface area contributed by atoms with Crippen LogP contribution in [0.1, 0.15) is 0 Å². The number of anilines is 1. The van der Waals surface area contributed by atoms with E-state index < -0.39 is 0 Å². The highest BCUT2D eigenvalue weighted by Crippen LogP contribution is 2.23. The first-order valence-electron chi connectivity index (χ1n) is 7.68. The second-order valence-electron chi connectivity index (χ2n) is 5.42. The van der Waals surface area contributed by atoms with Gasteiger partial charge in [-0.1, -0.05) is 35.9 Å². The van der Waals surface area contributed by atoms with Crippen molar-refractivity contribution in [2.45, 2.75) is 0 Å². The summed E-state index contributed by atoms with van der Waals surface area (Å²) in [4.78, 5) is 21.7. The molecule has 0 spiro atoms. The van der Waals surface area contributed by atoms with Gasteiger partial charge in [0.25, 0.3) is 5.56 Å². The molecule has 0 aliphatic heterocycles. The van der Waals surface area contributed by atoms with Crippen molar-refractivity contribution >= 4 is 28.2 Å². The van der Waals surface area contributed by atoms with Crippen LogP contribution in [0, 0.1) is 0 Å². The van der Waals surface area contributed by atoms with Gasteiger partial charge in [0.15, 0.2) is 5.82 Å². The minimum absolute atomic E-state index is 0.197. The number of para-hydroxylation sites is 2. The van der Waals surface area contributed by atoms with Gasteiger partial charge in [0, 0.05) is 18.0 Å². The molecule has 0 amide bonds. The Morgan fingerprint density at radius 1 is 0.920 bits per heavy atom. The normalized spacial score (nSPS) is 10.8. The molecule has 0 radical (unpaired) electrons. The smallest absolute Gasteiger partial charge is 0.280 e. The molecule has 0 unspecified atom stereocenters. The number of aromatic nitrogens is 3. The zero-order chi connectivity index (χ0) is 17.2. The van der Waals surface area contributed by atoms with Crippen LogP contribution in [-0.4, -0.2) is 14.6 Å². The summed E-state index contributed by atoms with van der Waals surface area (Å²) in [6, 6.07) is 18.1. The number of nitrogens with zero attached hydrogens (tertiary/aromatic N) is 3. The molecule has 25 heavy (non-hydrogen) atoms. The lowest BCUT2D eigenvalue weighted by atomic mass is 10.2. The van der Waals surface area contributed by atoms with Gasteiger partial charge >= 0.3 is 0 Å². The number of rotatable bonds is 3. The zero-order valence-corrected chi connectivity index (χ0v) is 13.8. The largest absolute Gasteiger partial charge is 0.288 e. The maximum Gasteiger partial charge on any atom is 0.280 e. The third kappa shape index (κ3) is 2.86. The average molecular weight is 349 g/mol. The van der Waals surface area contributed by atoms with Crippen LogP contribution in [0.2, 0.25) is 5.02 Å². The Balaban J connectivity index is 1.99. The lowest BCUT2D eigenvalue weighted by molar-refractivity contribution is 0.892. The molecule has 2 aromatic carbocycles. The van der Waals surface area contributed by atoms with Crippen molar-refractivity contribution in [2.24, 2.45) is 0 Å². The van der Waals surface area contributed by atoms with E-state index in [9.17, 15) is 4.79 Å².